The molecule has 0 rings (SSSR count). The van der Waals surface area contributed by atoms with Gasteiger partial charge in [0.25, 0.3) is 0 Å². The Bertz CT molecular complexity index is 1170. The summed E-state index contributed by atoms with van der Waals surface area (Å²) in [4.78, 5) is 37.2. The number of quaternary nitrogens is 1. The number of hydrogen-bond donors (Lipinski definition) is 1. The highest BCUT2D eigenvalue weighted by Crippen LogP contribution is 2.15. The Morgan fingerprint density at radius 3 is 1.25 bits per heavy atom. The molecule has 0 saturated carbocycles. The molecule has 1 N–H and O–H groups in total. The topological polar surface area (TPSA) is 99.1 Å². The second kappa shape index (κ2) is 45.8. The van der Waals surface area contributed by atoms with Gasteiger partial charge in [-0.05, 0) is 77.0 Å². The van der Waals surface area contributed by atoms with Crippen molar-refractivity contribution in [3.05, 3.63) is 48.6 Å². The molecule has 0 aromatic carbocycles. The third-order valence-electron chi connectivity index (χ3n) is 11.7. The lowest BCUT2D eigenvalue weighted by molar-refractivity contribution is -0.887. The maximum atomic E-state index is 12.8. The highest BCUT2D eigenvalue weighted by atomic mass is 16.6. The molecule has 0 amide bonds. The van der Waals surface area contributed by atoms with Crippen molar-refractivity contribution in [2.75, 3.05) is 41.0 Å². The van der Waals surface area contributed by atoms with Crippen LogP contribution < -0.4 is 0 Å². The number of carboxylic acids is 1. The van der Waals surface area contributed by atoms with Gasteiger partial charge < -0.3 is 23.8 Å². The molecule has 366 valence electrons. The van der Waals surface area contributed by atoms with E-state index in [1.54, 1.807) is 0 Å². The van der Waals surface area contributed by atoms with E-state index in [9.17, 15) is 19.5 Å². The van der Waals surface area contributed by atoms with E-state index in [1.165, 1.54) is 135 Å². The van der Waals surface area contributed by atoms with E-state index >= 15 is 0 Å². The molecule has 8 nitrogen and oxygen atoms in total. The SMILES string of the molecule is CCCCC/C=C/C/C=C/CCCCCCCCCC(=O)OC(COCCC(C(=O)O)[N+](C)(C)C)COC(=O)CCCCCCCCC/C=C/C/C=C/CCCCCCCCCC. The van der Waals surface area contributed by atoms with Crippen LogP contribution in [-0.2, 0) is 28.6 Å². The molecular weight excluding hydrogens is 787 g/mol. The molecule has 63 heavy (non-hydrogen) atoms. The summed E-state index contributed by atoms with van der Waals surface area (Å²) < 4.78 is 17.3. The second-order valence-corrected chi connectivity index (χ2v) is 18.8. The second-order valence-electron chi connectivity index (χ2n) is 18.8. The number of nitrogens with zero attached hydrogens (tertiary/aromatic N) is 1. The van der Waals surface area contributed by atoms with Crippen LogP contribution in [0.4, 0.5) is 0 Å². The van der Waals surface area contributed by atoms with Crippen LogP contribution in [0.5, 0.6) is 0 Å². The largest absolute Gasteiger partial charge is 0.477 e. The van der Waals surface area contributed by atoms with E-state index in [0.29, 0.717) is 19.3 Å². The first-order valence-electron chi connectivity index (χ1n) is 26.2. The van der Waals surface area contributed by atoms with E-state index in [-0.39, 0.29) is 36.2 Å². The number of allylic oxidation sites excluding steroid dienone is 8. The maximum absolute atomic E-state index is 12.8. The van der Waals surface area contributed by atoms with Crippen molar-refractivity contribution in [2.24, 2.45) is 0 Å². The van der Waals surface area contributed by atoms with Crippen molar-refractivity contribution in [1.82, 2.24) is 0 Å². The fourth-order valence-electron chi connectivity index (χ4n) is 7.62. The average molecular weight is 887 g/mol. The van der Waals surface area contributed by atoms with Gasteiger partial charge in [0.1, 0.15) is 6.61 Å². The van der Waals surface area contributed by atoms with Crippen molar-refractivity contribution >= 4 is 17.9 Å². The summed E-state index contributed by atoms with van der Waals surface area (Å²) in [5.74, 6) is -1.48. The Hall–Kier alpha value is -2.71. The number of rotatable bonds is 47. The molecule has 0 aliphatic rings. The number of aliphatic carboxylic acids is 1. The molecule has 0 aromatic heterocycles. The molecule has 2 atom stereocenters. The third kappa shape index (κ3) is 44.3. The number of esters is 2. The fraction of sp³-hybridized carbons (Fsp3) is 0.800. The Kier molecular flexibility index (Phi) is 43.9. The van der Waals surface area contributed by atoms with Crippen molar-refractivity contribution in [2.45, 2.75) is 244 Å². The Balaban J connectivity index is 4.25. The zero-order chi connectivity index (χ0) is 46.3. The highest BCUT2D eigenvalue weighted by molar-refractivity contribution is 5.72. The summed E-state index contributed by atoms with van der Waals surface area (Å²) in [7, 11) is 5.53. The predicted octanol–water partition coefficient (Wildman–Crippen LogP) is 15.1. The minimum Gasteiger partial charge on any atom is -0.477 e. The molecular formula is C55H100NO7+. The molecule has 0 aromatic rings. The van der Waals surface area contributed by atoms with E-state index < -0.39 is 18.1 Å². The van der Waals surface area contributed by atoms with Gasteiger partial charge >= 0.3 is 17.9 Å². The maximum Gasteiger partial charge on any atom is 0.362 e. The monoisotopic (exact) mass is 887 g/mol. The van der Waals surface area contributed by atoms with E-state index in [1.807, 2.05) is 21.1 Å². The molecule has 8 heteroatoms. The molecule has 0 bridgehead atoms. The first-order valence-corrected chi connectivity index (χ1v) is 26.2. The van der Waals surface area contributed by atoms with Crippen LogP contribution in [0.25, 0.3) is 0 Å². The average Bonchev–Trinajstić information content (AvgIpc) is 3.24. The summed E-state index contributed by atoms with van der Waals surface area (Å²) in [6.07, 6.45) is 55.9. The summed E-state index contributed by atoms with van der Waals surface area (Å²) >= 11 is 0. The van der Waals surface area contributed by atoms with Gasteiger partial charge in [-0.1, -0.05) is 184 Å². The summed E-state index contributed by atoms with van der Waals surface area (Å²) in [6, 6.07) is -0.619. The van der Waals surface area contributed by atoms with Gasteiger partial charge in [-0.15, -0.1) is 0 Å². The van der Waals surface area contributed by atoms with Crippen LogP contribution in [0, 0.1) is 0 Å². The number of unbranched alkanes of at least 4 members (excludes halogenated alkanes) is 25. The third-order valence-corrected chi connectivity index (χ3v) is 11.7. The molecule has 0 aliphatic heterocycles. The molecule has 2 unspecified atom stereocenters. The number of carbonyl (C=O) groups excluding carboxylic acids is 2. The lowest BCUT2D eigenvalue weighted by Gasteiger charge is -2.31. The van der Waals surface area contributed by atoms with Crippen LogP contribution in [0.2, 0.25) is 0 Å². The van der Waals surface area contributed by atoms with Crippen LogP contribution >= 0.6 is 0 Å². The van der Waals surface area contributed by atoms with Crippen LogP contribution in [0.3, 0.4) is 0 Å². The molecule has 0 spiro atoms. The number of carboxylic acid groups (broad SMARTS) is 1. The summed E-state index contributed by atoms with van der Waals surface area (Å²) in [5, 5.41) is 9.65. The highest BCUT2D eigenvalue weighted by Gasteiger charge is 2.31. The zero-order valence-electron chi connectivity index (χ0n) is 41.8. The van der Waals surface area contributed by atoms with Crippen molar-refractivity contribution in [3.8, 4) is 0 Å². The van der Waals surface area contributed by atoms with Crippen LogP contribution in [-0.4, -0.2) is 80.6 Å². The van der Waals surface area contributed by atoms with Crippen molar-refractivity contribution in [1.29, 1.82) is 0 Å². The number of carbonyl (C=O) groups is 3. The van der Waals surface area contributed by atoms with Gasteiger partial charge in [0.05, 0.1) is 34.4 Å². The minimum absolute atomic E-state index is 0.0552. The predicted molar refractivity (Wildman–Crippen MR) is 266 cm³/mol. The summed E-state index contributed by atoms with van der Waals surface area (Å²) in [5.41, 5.74) is 0. The summed E-state index contributed by atoms with van der Waals surface area (Å²) in [6.45, 7) is 4.71. The lowest BCUT2D eigenvalue weighted by Crippen LogP contribution is -2.50. The van der Waals surface area contributed by atoms with Gasteiger partial charge in [0.2, 0.25) is 0 Å². The van der Waals surface area contributed by atoms with Gasteiger partial charge in [-0.3, -0.25) is 9.59 Å². The smallest absolute Gasteiger partial charge is 0.362 e. The molecule has 0 fully saturated rings. The van der Waals surface area contributed by atoms with Gasteiger partial charge in [0, 0.05) is 19.3 Å². The first-order chi connectivity index (χ1) is 30.6. The molecule has 0 saturated heterocycles. The van der Waals surface area contributed by atoms with E-state index in [4.69, 9.17) is 14.2 Å². The molecule has 0 heterocycles. The van der Waals surface area contributed by atoms with Crippen LogP contribution in [0.1, 0.15) is 232 Å². The Morgan fingerprint density at radius 2 is 0.841 bits per heavy atom. The van der Waals surface area contributed by atoms with Crippen molar-refractivity contribution in [3.63, 3.8) is 0 Å². The number of likely N-dealkylation sites (N-methyl/N-ethyl adjacent to an activating group) is 1. The standard InChI is InChI=1S/C55H99NO7/c1-6-8-10-12-14-16-18-20-22-24-25-26-27-28-30-31-33-35-37-39-41-43-45-53(57)62-50-51(49-61-48-47-52(55(59)60)56(3,4)5)63-54(58)46-44-42-40-38-36-34-32-29-23-21-19-17-15-13-11-9-7-2/h15,17,21,23-25,27-28,51-52H,6-14,16,18-20,22,26,29-50H2,1-5H3/p+1/b17-15+,23-21+,25-24+,28-27+. The quantitative estimate of drug-likeness (QED) is 0.0281. The normalized spacial score (nSPS) is 13.2. The number of hydrogen-bond acceptors (Lipinski definition) is 6. The Labute approximate surface area is 388 Å². The van der Waals surface area contributed by atoms with Crippen molar-refractivity contribution < 1.29 is 38.2 Å². The number of ether oxygens (including phenoxy) is 3. The Morgan fingerprint density at radius 1 is 0.476 bits per heavy atom. The first kappa shape index (κ1) is 60.3. The molecule has 0 aliphatic carbocycles. The van der Waals surface area contributed by atoms with Crippen LogP contribution in [0.15, 0.2) is 48.6 Å². The van der Waals surface area contributed by atoms with E-state index in [0.717, 1.165) is 64.2 Å². The lowest BCUT2D eigenvalue weighted by atomic mass is 10.1. The fourth-order valence-corrected chi connectivity index (χ4v) is 7.62. The van der Waals surface area contributed by atoms with Gasteiger partial charge in [-0.2, -0.15) is 0 Å². The van der Waals surface area contributed by atoms with Gasteiger partial charge in [0.15, 0.2) is 12.1 Å². The minimum atomic E-state index is -0.877. The van der Waals surface area contributed by atoms with Gasteiger partial charge in [-0.25, -0.2) is 4.79 Å². The van der Waals surface area contributed by atoms with E-state index in [2.05, 4.69) is 62.5 Å². The zero-order valence-corrected chi connectivity index (χ0v) is 41.8. The molecule has 0 radical (unpaired) electrons.